The number of halogens is 1. The molecule has 1 aliphatic heterocycles. The number of carbonyl (C=O) groups is 1. The van der Waals surface area contributed by atoms with Crippen LogP contribution in [0.1, 0.15) is 50.8 Å². The second kappa shape index (κ2) is 12.4. The normalized spacial score (nSPS) is 15.0. The second-order valence-corrected chi connectivity index (χ2v) is 11.4. The zero-order chi connectivity index (χ0) is 29.1. The van der Waals surface area contributed by atoms with Gasteiger partial charge in [0.25, 0.3) is 5.56 Å². The van der Waals surface area contributed by atoms with Gasteiger partial charge < -0.3 is 14.2 Å². The molecule has 0 amide bonds. The van der Waals surface area contributed by atoms with E-state index in [0.29, 0.717) is 44.9 Å². The number of esters is 1. The second-order valence-electron chi connectivity index (χ2n) is 9.43. The van der Waals surface area contributed by atoms with Gasteiger partial charge in [0.05, 0.1) is 36.1 Å². The Hall–Kier alpha value is -3.69. The molecular formula is C32H31BrN2O5S. The van der Waals surface area contributed by atoms with Gasteiger partial charge in [-0.15, -0.1) is 0 Å². The summed E-state index contributed by atoms with van der Waals surface area (Å²) in [5.41, 5.74) is 2.31. The zero-order valence-corrected chi connectivity index (χ0v) is 25.8. The third-order valence-electron chi connectivity index (χ3n) is 6.88. The minimum atomic E-state index is -0.765. The number of hydrogen-bond donors (Lipinski definition) is 0. The molecule has 0 radical (unpaired) electrons. The Morgan fingerprint density at radius 2 is 1.80 bits per heavy atom. The van der Waals surface area contributed by atoms with Crippen LogP contribution in [0.15, 0.2) is 80.1 Å². The molecule has 9 heteroatoms. The van der Waals surface area contributed by atoms with Crippen LogP contribution in [0.2, 0.25) is 0 Å². The molecule has 212 valence electrons. The van der Waals surface area contributed by atoms with Gasteiger partial charge in [0.2, 0.25) is 0 Å². The van der Waals surface area contributed by atoms with Gasteiger partial charge in [0, 0.05) is 15.4 Å². The third-order valence-corrected chi connectivity index (χ3v) is 8.36. The van der Waals surface area contributed by atoms with Crippen molar-refractivity contribution in [2.75, 3.05) is 20.3 Å². The number of methoxy groups -OCH3 is 1. The molecule has 2 heterocycles. The quantitative estimate of drug-likeness (QED) is 0.214. The minimum Gasteiger partial charge on any atom is -0.496 e. The van der Waals surface area contributed by atoms with Crippen LogP contribution >= 0.6 is 27.3 Å². The summed E-state index contributed by atoms with van der Waals surface area (Å²) in [6.45, 7) is 6.52. The van der Waals surface area contributed by atoms with Crippen LogP contribution in [0.5, 0.6) is 11.5 Å². The summed E-state index contributed by atoms with van der Waals surface area (Å²) < 4.78 is 20.0. The van der Waals surface area contributed by atoms with E-state index in [1.165, 1.54) is 11.3 Å². The molecule has 0 fully saturated rings. The fraction of sp³-hybridized carbons (Fsp3) is 0.281. The van der Waals surface area contributed by atoms with E-state index in [4.69, 9.17) is 19.2 Å². The van der Waals surface area contributed by atoms with Gasteiger partial charge in [-0.1, -0.05) is 70.9 Å². The molecular weight excluding hydrogens is 604 g/mol. The van der Waals surface area contributed by atoms with Crippen LogP contribution in [0.3, 0.4) is 0 Å². The standard InChI is InChI=1S/C32H31BrN2O5S/c1-5-10-24-28(31(37)40-7-3)29(23-18-20(33)14-16-25(23)38-4)35-30(36)27(41-32(35)34-24)17-19-13-15-26(39-6-2)22-12-9-8-11-21(19)22/h8-9,11-18,29H,5-7,10H2,1-4H3/b27-17+/t29-/m1/s1. The number of carbonyl (C=O) groups excluding carboxylic acids is 1. The lowest BCUT2D eigenvalue weighted by Crippen LogP contribution is -2.40. The summed E-state index contributed by atoms with van der Waals surface area (Å²) in [4.78, 5) is 33.1. The number of nitrogens with zero attached hydrogens (tertiary/aromatic N) is 2. The lowest BCUT2D eigenvalue weighted by atomic mass is 9.93. The topological polar surface area (TPSA) is 79.1 Å². The van der Waals surface area contributed by atoms with Crippen LogP contribution in [-0.4, -0.2) is 30.9 Å². The average Bonchev–Trinajstić information content (AvgIpc) is 3.28. The van der Waals surface area contributed by atoms with Crippen molar-refractivity contribution in [3.05, 3.63) is 101 Å². The van der Waals surface area contributed by atoms with E-state index in [1.807, 2.05) is 74.5 Å². The van der Waals surface area contributed by atoms with Crippen LogP contribution in [-0.2, 0) is 9.53 Å². The molecule has 0 unspecified atom stereocenters. The molecule has 0 aliphatic carbocycles. The first-order chi connectivity index (χ1) is 19.9. The highest BCUT2D eigenvalue weighted by Gasteiger charge is 2.36. The zero-order valence-electron chi connectivity index (χ0n) is 23.4. The number of fused-ring (bicyclic) bond motifs is 2. The number of hydrogen-bond acceptors (Lipinski definition) is 7. The Kier molecular flexibility index (Phi) is 8.75. The summed E-state index contributed by atoms with van der Waals surface area (Å²) in [5, 5.41) is 1.95. The molecule has 41 heavy (non-hydrogen) atoms. The van der Waals surface area contributed by atoms with E-state index in [0.717, 1.165) is 33.0 Å². The van der Waals surface area contributed by atoms with Crippen molar-refractivity contribution in [3.8, 4) is 11.5 Å². The highest BCUT2D eigenvalue weighted by atomic mass is 79.9. The SMILES string of the molecule is CCCC1=C(C(=O)OCC)[C@@H](c2cc(Br)ccc2OC)n2c(s/c(=C/c3ccc(OCC)c4ccccc34)c2=O)=N1. The first-order valence-electron chi connectivity index (χ1n) is 13.6. The highest BCUT2D eigenvalue weighted by Crippen LogP contribution is 2.38. The largest absolute Gasteiger partial charge is 0.496 e. The number of benzene rings is 3. The molecule has 3 aromatic carbocycles. The Labute approximate surface area is 250 Å². The predicted octanol–water partition coefficient (Wildman–Crippen LogP) is 5.90. The summed E-state index contributed by atoms with van der Waals surface area (Å²) in [6, 6.07) is 16.7. The number of rotatable bonds is 9. The van der Waals surface area contributed by atoms with Gasteiger partial charge in [-0.2, -0.15) is 0 Å². The predicted molar refractivity (Wildman–Crippen MR) is 165 cm³/mol. The molecule has 1 aromatic heterocycles. The van der Waals surface area contributed by atoms with Crippen molar-refractivity contribution < 1.29 is 19.0 Å². The third kappa shape index (κ3) is 5.48. The van der Waals surface area contributed by atoms with Crippen LogP contribution in [0, 0.1) is 0 Å². The Morgan fingerprint density at radius 1 is 1.05 bits per heavy atom. The van der Waals surface area contributed by atoms with E-state index >= 15 is 0 Å². The smallest absolute Gasteiger partial charge is 0.338 e. The molecule has 5 rings (SSSR count). The first-order valence-corrected chi connectivity index (χ1v) is 15.2. The fourth-order valence-corrected chi connectivity index (χ4v) is 6.57. The number of aromatic nitrogens is 1. The van der Waals surface area contributed by atoms with Gasteiger partial charge in [0.1, 0.15) is 17.5 Å². The Morgan fingerprint density at radius 3 is 2.51 bits per heavy atom. The maximum Gasteiger partial charge on any atom is 0.338 e. The van der Waals surface area contributed by atoms with Crippen molar-refractivity contribution in [3.63, 3.8) is 0 Å². The highest BCUT2D eigenvalue weighted by molar-refractivity contribution is 9.10. The molecule has 1 aliphatic rings. The molecule has 0 saturated carbocycles. The molecule has 0 saturated heterocycles. The van der Waals surface area contributed by atoms with Gasteiger partial charge in [-0.25, -0.2) is 9.79 Å². The van der Waals surface area contributed by atoms with E-state index in [-0.39, 0.29) is 12.2 Å². The molecule has 4 aromatic rings. The number of thiazole rings is 1. The van der Waals surface area contributed by atoms with E-state index in [1.54, 1.807) is 18.6 Å². The minimum absolute atomic E-state index is 0.208. The van der Waals surface area contributed by atoms with Gasteiger partial charge in [-0.05, 0) is 61.6 Å². The van der Waals surface area contributed by atoms with Crippen LogP contribution < -0.4 is 24.4 Å². The van der Waals surface area contributed by atoms with Gasteiger partial charge in [0.15, 0.2) is 4.80 Å². The lowest BCUT2D eigenvalue weighted by Gasteiger charge is -2.27. The maximum absolute atomic E-state index is 14.2. The van der Waals surface area contributed by atoms with E-state index in [9.17, 15) is 9.59 Å². The summed E-state index contributed by atoms with van der Waals surface area (Å²) >= 11 is 4.87. The summed E-state index contributed by atoms with van der Waals surface area (Å²) in [5.74, 6) is 0.870. The summed E-state index contributed by atoms with van der Waals surface area (Å²) in [6.07, 6.45) is 3.23. The first kappa shape index (κ1) is 28.8. The molecule has 0 bridgehead atoms. The van der Waals surface area contributed by atoms with Crippen molar-refractivity contribution >= 4 is 50.1 Å². The Bertz CT molecular complexity index is 1840. The van der Waals surface area contributed by atoms with Gasteiger partial charge in [-0.3, -0.25) is 9.36 Å². The average molecular weight is 636 g/mol. The molecule has 1 atom stereocenters. The van der Waals surface area contributed by atoms with Crippen molar-refractivity contribution in [1.29, 1.82) is 0 Å². The van der Waals surface area contributed by atoms with Crippen molar-refractivity contribution in [1.82, 2.24) is 4.57 Å². The van der Waals surface area contributed by atoms with Gasteiger partial charge >= 0.3 is 5.97 Å². The monoisotopic (exact) mass is 634 g/mol. The van der Waals surface area contributed by atoms with Crippen molar-refractivity contribution in [2.45, 2.75) is 39.7 Å². The number of allylic oxidation sites excluding steroid dienone is 1. The molecule has 7 nitrogen and oxygen atoms in total. The van der Waals surface area contributed by atoms with Crippen molar-refractivity contribution in [2.24, 2.45) is 4.99 Å². The van der Waals surface area contributed by atoms with E-state index < -0.39 is 12.0 Å². The van der Waals surface area contributed by atoms with Crippen LogP contribution in [0.25, 0.3) is 16.8 Å². The summed E-state index contributed by atoms with van der Waals surface area (Å²) in [7, 11) is 1.58. The molecule has 0 spiro atoms. The maximum atomic E-state index is 14.2. The Balaban J connectivity index is 1.80. The molecule has 0 N–H and O–H groups in total. The van der Waals surface area contributed by atoms with E-state index in [2.05, 4.69) is 15.9 Å². The number of ether oxygens (including phenoxy) is 3. The lowest BCUT2D eigenvalue weighted by molar-refractivity contribution is -0.139. The van der Waals surface area contributed by atoms with Crippen LogP contribution in [0.4, 0.5) is 0 Å². The fourth-order valence-electron chi connectivity index (χ4n) is 5.18.